The molecular weight excluding hydrogens is 357 g/mol. The van der Waals surface area contributed by atoms with Crippen molar-refractivity contribution >= 4 is 23.4 Å². The maximum absolute atomic E-state index is 13.0. The molecule has 1 aromatic rings. The molecule has 0 bridgehead atoms. The Balaban J connectivity index is 1.76. The Morgan fingerprint density at radius 1 is 1.12 bits per heavy atom. The second-order valence-corrected chi connectivity index (χ2v) is 7.27. The van der Waals surface area contributed by atoms with E-state index in [0.29, 0.717) is 26.2 Å². The highest BCUT2D eigenvalue weighted by Gasteiger charge is 2.45. The van der Waals surface area contributed by atoms with E-state index in [1.165, 1.54) is 13.0 Å². The molecule has 1 aromatic carbocycles. The molecule has 1 spiro atoms. The average molecular weight is 375 g/mol. The second kappa shape index (κ2) is 6.20. The van der Waals surface area contributed by atoms with Crippen LogP contribution in [0.15, 0.2) is 18.2 Å². The lowest BCUT2D eigenvalue weighted by Gasteiger charge is -2.24. The van der Waals surface area contributed by atoms with Gasteiger partial charge in [0, 0.05) is 44.1 Å². The second-order valence-electron chi connectivity index (χ2n) is 6.86. The molecule has 0 unspecified atom stereocenters. The molecule has 2 aliphatic heterocycles. The van der Waals surface area contributed by atoms with Crippen LogP contribution in [0.4, 0.5) is 13.2 Å². The first-order valence-corrected chi connectivity index (χ1v) is 8.41. The van der Waals surface area contributed by atoms with Gasteiger partial charge in [-0.3, -0.25) is 9.59 Å². The third-order valence-corrected chi connectivity index (χ3v) is 5.46. The number of hydrogen-bond acceptors (Lipinski definition) is 2. The van der Waals surface area contributed by atoms with Crippen LogP contribution in [0.3, 0.4) is 0 Å². The van der Waals surface area contributed by atoms with Crippen LogP contribution < -0.4 is 0 Å². The van der Waals surface area contributed by atoms with Gasteiger partial charge in [0.1, 0.15) is 0 Å². The topological polar surface area (TPSA) is 40.6 Å². The monoisotopic (exact) mass is 374 g/mol. The number of likely N-dealkylation sites (tertiary alicyclic amines) is 2. The SMILES string of the molecule is CC(=O)N1CC[C@]2(CCN(C(=O)c3ccc(Cl)c(C(F)(F)F)c3)C2)C1. The van der Waals surface area contributed by atoms with Crippen LogP contribution in [0, 0.1) is 5.41 Å². The van der Waals surface area contributed by atoms with E-state index in [0.717, 1.165) is 25.0 Å². The molecule has 25 heavy (non-hydrogen) atoms. The summed E-state index contributed by atoms with van der Waals surface area (Å²) in [5.41, 5.74) is -1.16. The first-order chi connectivity index (χ1) is 11.6. The molecule has 2 aliphatic rings. The lowest BCUT2D eigenvalue weighted by molar-refractivity contribution is -0.137. The Labute approximate surface area is 148 Å². The van der Waals surface area contributed by atoms with Crippen molar-refractivity contribution < 1.29 is 22.8 Å². The standard InChI is InChI=1S/C17H18ClF3N2O2/c1-11(24)22-6-4-16(9-22)5-7-23(10-16)15(25)12-2-3-14(18)13(8-12)17(19,20)21/h2-3,8H,4-7,9-10H2,1H3/t16-/m0/s1. The lowest BCUT2D eigenvalue weighted by atomic mass is 9.86. The van der Waals surface area contributed by atoms with Crippen LogP contribution in [-0.4, -0.2) is 47.8 Å². The summed E-state index contributed by atoms with van der Waals surface area (Å²) in [6.07, 6.45) is -3.04. The highest BCUT2D eigenvalue weighted by atomic mass is 35.5. The van der Waals surface area contributed by atoms with Crippen molar-refractivity contribution in [3.8, 4) is 0 Å². The first-order valence-electron chi connectivity index (χ1n) is 8.03. The molecule has 2 heterocycles. The van der Waals surface area contributed by atoms with Crippen molar-refractivity contribution in [2.24, 2.45) is 5.41 Å². The predicted octanol–water partition coefficient (Wildman–Crippen LogP) is 3.44. The van der Waals surface area contributed by atoms with Gasteiger partial charge in [0.25, 0.3) is 5.91 Å². The van der Waals surface area contributed by atoms with Crippen LogP contribution in [0.5, 0.6) is 0 Å². The summed E-state index contributed by atoms with van der Waals surface area (Å²) in [5, 5.41) is -0.421. The number of alkyl halides is 3. The van der Waals surface area contributed by atoms with Gasteiger partial charge >= 0.3 is 6.18 Å². The van der Waals surface area contributed by atoms with Crippen molar-refractivity contribution in [3.63, 3.8) is 0 Å². The van der Waals surface area contributed by atoms with E-state index >= 15 is 0 Å². The zero-order valence-corrected chi connectivity index (χ0v) is 14.5. The van der Waals surface area contributed by atoms with Gasteiger partial charge in [-0.1, -0.05) is 11.6 Å². The number of halogens is 4. The smallest absolute Gasteiger partial charge is 0.342 e. The predicted molar refractivity (Wildman–Crippen MR) is 86.3 cm³/mol. The van der Waals surface area contributed by atoms with Crippen molar-refractivity contribution in [1.82, 2.24) is 9.80 Å². The first kappa shape index (κ1) is 18.0. The normalized spacial score (nSPS) is 23.6. The lowest BCUT2D eigenvalue weighted by Crippen LogP contribution is -2.35. The summed E-state index contributed by atoms with van der Waals surface area (Å²) < 4.78 is 38.9. The number of amides is 2. The van der Waals surface area contributed by atoms with E-state index in [1.807, 2.05) is 0 Å². The van der Waals surface area contributed by atoms with Crippen molar-refractivity contribution in [2.45, 2.75) is 25.9 Å². The van der Waals surface area contributed by atoms with Gasteiger partial charge in [-0.2, -0.15) is 13.2 Å². The molecule has 2 fully saturated rings. The Kier molecular flexibility index (Phi) is 4.47. The van der Waals surface area contributed by atoms with Crippen LogP contribution in [0.1, 0.15) is 35.7 Å². The summed E-state index contributed by atoms with van der Waals surface area (Å²) in [4.78, 5) is 27.5. The molecule has 2 amide bonds. The summed E-state index contributed by atoms with van der Waals surface area (Å²) >= 11 is 5.61. The highest BCUT2D eigenvalue weighted by Crippen LogP contribution is 2.40. The fourth-order valence-electron chi connectivity index (χ4n) is 3.70. The number of carbonyl (C=O) groups excluding carboxylic acids is 2. The third-order valence-electron chi connectivity index (χ3n) is 5.13. The van der Waals surface area contributed by atoms with Gasteiger partial charge in [0.2, 0.25) is 5.91 Å². The minimum absolute atomic E-state index is 0.00849. The van der Waals surface area contributed by atoms with E-state index < -0.39 is 22.7 Å². The molecule has 136 valence electrons. The summed E-state index contributed by atoms with van der Waals surface area (Å²) in [7, 11) is 0. The Morgan fingerprint density at radius 2 is 1.72 bits per heavy atom. The minimum atomic E-state index is -4.60. The third kappa shape index (κ3) is 3.47. The Bertz CT molecular complexity index is 722. The molecule has 0 aliphatic carbocycles. The molecule has 4 nitrogen and oxygen atoms in total. The quantitative estimate of drug-likeness (QED) is 0.755. The molecule has 0 radical (unpaired) electrons. The Morgan fingerprint density at radius 3 is 2.28 bits per heavy atom. The molecule has 2 saturated heterocycles. The van der Waals surface area contributed by atoms with Gasteiger partial charge in [0.15, 0.2) is 0 Å². The number of nitrogens with zero attached hydrogens (tertiary/aromatic N) is 2. The summed E-state index contributed by atoms with van der Waals surface area (Å²) in [5.74, 6) is -0.422. The van der Waals surface area contributed by atoms with Gasteiger partial charge in [0.05, 0.1) is 10.6 Å². The average Bonchev–Trinajstić information content (AvgIpc) is 3.14. The van der Waals surface area contributed by atoms with Gasteiger partial charge in [-0.05, 0) is 31.0 Å². The molecular formula is C17H18ClF3N2O2. The maximum atomic E-state index is 13.0. The Hall–Kier alpha value is -1.76. The van der Waals surface area contributed by atoms with Crippen LogP contribution in [0.2, 0.25) is 5.02 Å². The number of benzene rings is 1. The van der Waals surface area contributed by atoms with Gasteiger partial charge in [-0.15, -0.1) is 0 Å². The van der Waals surface area contributed by atoms with Crippen molar-refractivity contribution in [3.05, 3.63) is 34.3 Å². The van der Waals surface area contributed by atoms with Gasteiger partial charge in [-0.25, -0.2) is 0 Å². The van der Waals surface area contributed by atoms with E-state index in [9.17, 15) is 22.8 Å². The minimum Gasteiger partial charge on any atom is -0.342 e. The molecule has 0 N–H and O–H groups in total. The van der Waals surface area contributed by atoms with Crippen LogP contribution in [-0.2, 0) is 11.0 Å². The number of carbonyl (C=O) groups is 2. The summed E-state index contributed by atoms with van der Waals surface area (Å²) in [6.45, 7) is 3.72. The molecule has 1 atom stereocenters. The molecule has 3 rings (SSSR count). The van der Waals surface area contributed by atoms with Crippen LogP contribution >= 0.6 is 11.6 Å². The largest absolute Gasteiger partial charge is 0.417 e. The molecule has 0 saturated carbocycles. The van der Waals surface area contributed by atoms with Crippen molar-refractivity contribution in [2.75, 3.05) is 26.2 Å². The van der Waals surface area contributed by atoms with E-state index in [-0.39, 0.29) is 16.9 Å². The zero-order valence-electron chi connectivity index (χ0n) is 13.7. The molecule has 0 aromatic heterocycles. The van der Waals surface area contributed by atoms with Crippen LogP contribution in [0.25, 0.3) is 0 Å². The highest BCUT2D eigenvalue weighted by molar-refractivity contribution is 6.31. The van der Waals surface area contributed by atoms with E-state index in [2.05, 4.69) is 0 Å². The van der Waals surface area contributed by atoms with Gasteiger partial charge < -0.3 is 9.80 Å². The van der Waals surface area contributed by atoms with E-state index in [4.69, 9.17) is 11.6 Å². The van der Waals surface area contributed by atoms with Crippen molar-refractivity contribution in [1.29, 1.82) is 0 Å². The fraction of sp³-hybridized carbons (Fsp3) is 0.529. The maximum Gasteiger partial charge on any atom is 0.417 e. The van der Waals surface area contributed by atoms with E-state index in [1.54, 1.807) is 9.80 Å². The summed E-state index contributed by atoms with van der Waals surface area (Å²) in [6, 6.07) is 3.24. The fourth-order valence-corrected chi connectivity index (χ4v) is 3.93. The number of hydrogen-bond donors (Lipinski definition) is 0. The molecule has 8 heteroatoms. The number of rotatable bonds is 1. The zero-order chi connectivity index (χ0) is 18.4.